The minimum absolute atomic E-state index is 0.0833. The molecule has 29 heavy (non-hydrogen) atoms. The van der Waals surface area contributed by atoms with E-state index in [1.165, 1.54) is 12.1 Å². The van der Waals surface area contributed by atoms with Gasteiger partial charge in [0.15, 0.2) is 0 Å². The monoisotopic (exact) mass is 413 g/mol. The van der Waals surface area contributed by atoms with Crippen LogP contribution >= 0.6 is 0 Å². The molecule has 0 radical (unpaired) electrons. The Morgan fingerprint density at radius 1 is 1.28 bits per heavy atom. The van der Waals surface area contributed by atoms with Crippen molar-refractivity contribution in [2.24, 2.45) is 0 Å². The molecule has 1 heterocycles. The molecule has 0 amide bonds. The summed E-state index contributed by atoms with van der Waals surface area (Å²) in [6.45, 7) is 2.51. The SMILES string of the molecule is CCn1c(-c2ccc(NS(=O)(=O)C3CC3)c(F)c2)c(C#N)c2ccc(OC)cc21. The molecule has 0 spiro atoms. The fourth-order valence-electron chi connectivity index (χ4n) is 3.56. The molecule has 1 aromatic heterocycles. The van der Waals surface area contributed by atoms with Crippen LogP contribution in [0.4, 0.5) is 10.1 Å². The molecule has 6 nitrogen and oxygen atoms in total. The van der Waals surface area contributed by atoms with E-state index in [4.69, 9.17) is 4.74 Å². The van der Waals surface area contributed by atoms with Crippen molar-refractivity contribution < 1.29 is 17.5 Å². The lowest BCUT2D eigenvalue weighted by molar-refractivity contribution is 0.415. The third kappa shape index (κ3) is 3.32. The number of anilines is 1. The Balaban J connectivity index is 1.84. The zero-order valence-corrected chi connectivity index (χ0v) is 16.9. The third-order valence-electron chi connectivity index (χ3n) is 5.16. The lowest BCUT2D eigenvalue weighted by atomic mass is 10.1. The van der Waals surface area contributed by atoms with E-state index in [0.29, 0.717) is 42.0 Å². The number of hydrogen-bond donors (Lipinski definition) is 1. The number of benzene rings is 2. The predicted molar refractivity (Wildman–Crippen MR) is 110 cm³/mol. The van der Waals surface area contributed by atoms with Gasteiger partial charge in [-0.2, -0.15) is 5.26 Å². The molecule has 0 saturated heterocycles. The molecule has 0 unspecified atom stereocenters. The van der Waals surface area contributed by atoms with Gasteiger partial charge in [0.2, 0.25) is 10.0 Å². The molecular weight excluding hydrogens is 393 g/mol. The van der Waals surface area contributed by atoms with Crippen LogP contribution in [0.1, 0.15) is 25.3 Å². The summed E-state index contributed by atoms with van der Waals surface area (Å²) in [5, 5.41) is 10.1. The molecule has 8 heteroatoms. The van der Waals surface area contributed by atoms with E-state index in [-0.39, 0.29) is 5.69 Å². The van der Waals surface area contributed by atoms with Gasteiger partial charge in [0.25, 0.3) is 0 Å². The fraction of sp³-hybridized carbons (Fsp3) is 0.286. The summed E-state index contributed by atoms with van der Waals surface area (Å²) in [6.07, 6.45) is 1.20. The number of halogens is 1. The van der Waals surface area contributed by atoms with Gasteiger partial charge in [-0.05, 0) is 44.0 Å². The first-order chi connectivity index (χ1) is 13.9. The molecular formula is C21H20FN3O3S. The summed E-state index contributed by atoms with van der Waals surface area (Å²) in [5.74, 6) is -0.0159. The van der Waals surface area contributed by atoms with E-state index in [1.807, 2.05) is 23.6 Å². The van der Waals surface area contributed by atoms with Crippen LogP contribution in [-0.4, -0.2) is 25.3 Å². The summed E-state index contributed by atoms with van der Waals surface area (Å²) in [4.78, 5) is 0. The molecule has 2 aromatic carbocycles. The highest BCUT2D eigenvalue weighted by Crippen LogP contribution is 2.37. The second-order valence-electron chi connectivity index (χ2n) is 7.00. The van der Waals surface area contributed by atoms with Crippen molar-refractivity contribution in [3.05, 3.63) is 47.8 Å². The van der Waals surface area contributed by atoms with Gasteiger partial charge in [-0.25, -0.2) is 12.8 Å². The Morgan fingerprint density at radius 2 is 2.03 bits per heavy atom. The standard InChI is InChI=1S/C21H20FN3O3S/c1-3-25-20-11-14(28-2)5-8-16(20)17(12-23)21(25)13-4-9-19(18(22)10-13)24-29(26,27)15-6-7-15/h4-5,8-11,15,24H,3,6-7H2,1-2H3. The highest BCUT2D eigenvalue weighted by molar-refractivity contribution is 7.93. The lowest BCUT2D eigenvalue weighted by Crippen LogP contribution is -2.18. The smallest absolute Gasteiger partial charge is 0.235 e. The van der Waals surface area contributed by atoms with Crippen LogP contribution in [0.15, 0.2) is 36.4 Å². The Kier molecular flexibility index (Phi) is 4.71. The van der Waals surface area contributed by atoms with Crippen molar-refractivity contribution in [3.8, 4) is 23.1 Å². The van der Waals surface area contributed by atoms with E-state index >= 15 is 0 Å². The molecule has 1 fully saturated rings. The maximum Gasteiger partial charge on any atom is 0.235 e. The number of sulfonamides is 1. The van der Waals surface area contributed by atoms with Crippen LogP contribution in [0, 0.1) is 17.1 Å². The molecule has 0 aliphatic heterocycles. The van der Waals surface area contributed by atoms with Gasteiger partial charge in [-0.3, -0.25) is 4.72 Å². The van der Waals surface area contributed by atoms with E-state index in [9.17, 15) is 18.1 Å². The predicted octanol–water partition coefficient (Wildman–Crippen LogP) is 4.25. The Morgan fingerprint density at radius 3 is 2.62 bits per heavy atom. The second kappa shape index (κ2) is 7.08. The minimum Gasteiger partial charge on any atom is -0.497 e. The number of methoxy groups -OCH3 is 1. The van der Waals surface area contributed by atoms with Crippen molar-refractivity contribution in [1.82, 2.24) is 4.57 Å². The molecule has 1 N–H and O–H groups in total. The van der Waals surface area contributed by atoms with Gasteiger partial charge in [0, 0.05) is 23.6 Å². The van der Waals surface area contributed by atoms with Gasteiger partial charge >= 0.3 is 0 Å². The van der Waals surface area contributed by atoms with Crippen molar-refractivity contribution in [3.63, 3.8) is 0 Å². The number of nitriles is 1. The van der Waals surface area contributed by atoms with E-state index in [2.05, 4.69) is 10.8 Å². The molecule has 3 aromatic rings. The van der Waals surface area contributed by atoms with Crippen LogP contribution in [-0.2, 0) is 16.6 Å². The summed E-state index contributed by atoms with van der Waals surface area (Å²) < 4.78 is 48.5. The third-order valence-corrected chi connectivity index (χ3v) is 7.01. The Bertz CT molecular complexity index is 1250. The minimum atomic E-state index is -3.56. The summed E-state index contributed by atoms with van der Waals surface area (Å²) in [6, 6.07) is 12.0. The first-order valence-corrected chi connectivity index (χ1v) is 10.9. The number of hydrogen-bond acceptors (Lipinski definition) is 4. The number of rotatable bonds is 6. The average Bonchev–Trinajstić information content (AvgIpc) is 3.52. The number of aryl methyl sites for hydroxylation is 1. The zero-order valence-electron chi connectivity index (χ0n) is 16.1. The number of aromatic nitrogens is 1. The highest BCUT2D eigenvalue weighted by Gasteiger charge is 2.36. The van der Waals surface area contributed by atoms with Gasteiger partial charge in [-0.1, -0.05) is 6.07 Å². The van der Waals surface area contributed by atoms with Gasteiger partial charge in [0.05, 0.1) is 34.8 Å². The topological polar surface area (TPSA) is 84.1 Å². The summed E-state index contributed by atoms with van der Waals surface area (Å²) in [5.41, 5.74) is 2.27. The van der Waals surface area contributed by atoms with E-state index in [1.54, 1.807) is 19.2 Å². The van der Waals surface area contributed by atoms with Crippen LogP contribution in [0.2, 0.25) is 0 Å². The molecule has 1 aliphatic rings. The second-order valence-corrected chi connectivity index (χ2v) is 8.96. The molecule has 1 aliphatic carbocycles. The first kappa shape index (κ1) is 19.3. The molecule has 150 valence electrons. The van der Waals surface area contributed by atoms with Crippen LogP contribution in [0.5, 0.6) is 5.75 Å². The molecule has 0 atom stereocenters. The van der Waals surface area contributed by atoms with Crippen LogP contribution in [0.25, 0.3) is 22.2 Å². The van der Waals surface area contributed by atoms with E-state index in [0.717, 1.165) is 10.9 Å². The Hall–Kier alpha value is -3.05. The highest BCUT2D eigenvalue weighted by atomic mass is 32.2. The quantitative estimate of drug-likeness (QED) is 0.655. The van der Waals surface area contributed by atoms with Crippen molar-refractivity contribution in [1.29, 1.82) is 5.26 Å². The molecule has 1 saturated carbocycles. The van der Waals surface area contributed by atoms with Crippen LogP contribution in [0.3, 0.4) is 0 Å². The maximum absolute atomic E-state index is 14.8. The Labute approximate surface area is 168 Å². The summed E-state index contributed by atoms with van der Waals surface area (Å²) in [7, 11) is -1.98. The lowest BCUT2D eigenvalue weighted by Gasteiger charge is -2.12. The van der Waals surface area contributed by atoms with Crippen molar-refractivity contribution in [2.45, 2.75) is 31.6 Å². The fourth-order valence-corrected chi connectivity index (χ4v) is 4.95. The zero-order chi connectivity index (χ0) is 20.8. The number of nitrogens with zero attached hydrogens (tertiary/aromatic N) is 2. The van der Waals surface area contributed by atoms with Crippen molar-refractivity contribution >= 4 is 26.6 Å². The maximum atomic E-state index is 14.8. The average molecular weight is 413 g/mol. The number of ether oxygens (including phenoxy) is 1. The van der Waals surface area contributed by atoms with E-state index < -0.39 is 21.1 Å². The van der Waals surface area contributed by atoms with Gasteiger partial charge < -0.3 is 9.30 Å². The molecule has 4 rings (SSSR count). The summed E-state index contributed by atoms with van der Waals surface area (Å²) >= 11 is 0. The molecule has 0 bridgehead atoms. The van der Waals surface area contributed by atoms with Gasteiger partial charge in [-0.15, -0.1) is 0 Å². The first-order valence-electron chi connectivity index (χ1n) is 9.31. The van der Waals surface area contributed by atoms with Crippen LogP contribution < -0.4 is 9.46 Å². The normalized spacial score (nSPS) is 14.0. The number of nitrogens with one attached hydrogen (secondary N) is 1. The largest absolute Gasteiger partial charge is 0.497 e. The number of fused-ring (bicyclic) bond motifs is 1. The van der Waals surface area contributed by atoms with Gasteiger partial charge in [0.1, 0.15) is 17.6 Å². The van der Waals surface area contributed by atoms with Crippen molar-refractivity contribution in [2.75, 3.05) is 11.8 Å².